The Morgan fingerprint density at radius 2 is 2.03 bits per heavy atom. The number of nitrogens with one attached hydrogen (secondary N) is 3. The standard InChI is InChI=1S/C25H28ClN7O4S2/c1-15(27)31-7-5-16(6-8-31)21-13-29-24(38-21)25(35)33-10-9-32(14-20(33)23(34)28-2)39(36,37)22-12-17-11-18(26)3-4-19(17)30-22/h3-5,11-13,20,27,30H,6-10,14H2,1-2H3,(H,28,34). The maximum atomic E-state index is 13.5. The van der Waals surface area contributed by atoms with E-state index in [1.165, 1.54) is 33.7 Å². The van der Waals surface area contributed by atoms with Crippen LogP contribution < -0.4 is 5.32 Å². The van der Waals surface area contributed by atoms with Crippen molar-refractivity contribution in [3.63, 3.8) is 0 Å². The molecule has 2 aliphatic rings. The van der Waals surface area contributed by atoms with Crippen LogP contribution in [-0.4, -0.2) is 96.0 Å². The zero-order chi connectivity index (χ0) is 27.9. The fraction of sp³-hybridized carbons (Fsp3) is 0.360. The van der Waals surface area contributed by atoms with Gasteiger partial charge >= 0.3 is 0 Å². The fourth-order valence-corrected chi connectivity index (χ4v) is 7.38. The number of aromatic nitrogens is 2. The minimum absolute atomic E-state index is 0.00250. The average molecular weight is 590 g/mol. The number of H-pyrrole nitrogens is 1. The summed E-state index contributed by atoms with van der Waals surface area (Å²) in [5, 5.41) is 11.7. The first kappa shape index (κ1) is 27.3. The highest BCUT2D eigenvalue weighted by molar-refractivity contribution is 7.89. The molecule has 206 valence electrons. The van der Waals surface area contributed by atoms with Gasteiger partial charge in [-0.25, -0.2) is 13.4 Å². The van der Waals surface area contributed by atoms with E-state index >= 15 is 0 Å². The number of hydrogen-bond donors (Lipinski definition) is 3. The van der Waals surface area contributed by atoms with Gasteiger partial charge in [-0.15, -0.1) is 11.3 Å². The van der Waals surface area contributed by atoms with Crippen LogP contribution in [0.1, 0.15) is 28.0 Å². The van der Waals surface area contributed by atoms with E-state index in [0.717, 1.165) is 23.4 Å². The summed E-state index contributed by atoms with van der Waals surface area (Å²) in [7, 11) is -2.51. The summed E-state index contributed by atoms with van der Waals surface area (Å²) in [5.74, 6) is -0.355. The minimum atomic E-state index is -3.97. The highest BCUT2D eigenvalue weighted by Crippen LogP contribution is 2.30. The molecule has 3 N–H and O–H groups in total. The lowest BCUT2D eigenvalue weighted by Gasteiger charge is -2.39. The minimum Gasteiger partial charge on any atom is -0.357 e. The largest absolute Gasteiger partial charge is 0.357 e. The molecule has 0 spiro atoms. The van der Waals surface area contributed by atoms with E-state index in [9.17, 15) is 18.0 Å². The van der Waals surface area contributed by atoms with Gasteiger partial charge in [0.2, 0.25) is 5.91 Å². The number of thiazole rings is 1. The normalized spacial score (nSPS) is 18.7. The van der Waals surface area contributed by atoms with Gasteiger partial charge in [0.15, 0.2) is 5.01 Å². The number of rotatable bonds is 5. The maximum absolute atomic E-state index is 13.5. The number of hydrogen-bond acceptors (Lipinski definition) is 7. The molecule has 0 radical (unpaired) electrons. The number of sulfonamides is 1. The number of amides is 2. The number of carbonyl (C=O) groups excluding carboxylic acids is 2. The number of piperazine rings is 1. The van der Waals surface area contributed by atoms with Crippen molar-refractivity contribution >= 4 is 67.1 Å². The predicted octanol–water partition coefficient (Wildman–Crippen LogP) is 2.63. The molecule has 2 amide bonds. The highest BCUT2D eigenvalue weighted by atomic mass is 35.5. The lowest BCUT2D eigenvalue weighted by Crippen LogP contribution is -2.61. The number of aromatic amines is 1. The van der Waals surface area contributed by atoms with Crippen LogP contribution in [-0.2, 0) is 14.8 Å². The van der Waals surface area contributed by atoms with Crippen molar-refractivity contribution in [3.8, 4) is 0 Å². The molecule has 2 aliphatic heterocycles. The summed E-state index contributed by atoms with van der Waals surface area (Å²) in [6.45, 7) is 2.98. The van der Waals surface area contributed by atoms with Gasteiger partial charge in [-0.1, -0.05) is 17.7 Å². The topological polar surface area (TPSA) is 143 Å². The van der Waals surface area contributed by atoms with E-state index in [0.29, 0.717) is 28.3 Å². The molecule has 11 nitrogen and oxygen atoms in total. The van der Waals surface area contributed by atoms with E-state index in [-0.39, 0.29) is 29.7 Å². The van der Waals surface area contributed by atoms with Gasteiger partial charge in [-0.2, -0.15) is 4.31 Å². The number of benzene rings is 1. The molecule has 39 heavy (non-hydrogen) atoms. The molecule has 2 aromatic heterocycles. The first-order valence-corrected chi connectivity index (χ1v) is 15.0. The van der Waals surface area contributed by atoms with Gasteiger partial charge in [0, 0.05) is 61.9 Å². The number of amidine groups is 1. The van der Waals surface area contributed by atoms with Crippen LogP contribution in [0, 0.1) is 5.41 Å². The molecule has 0 bridgehead atoms. The van der Waals surface area contributed by atoms with Crippen molar-refractivity contribution < 1.29 is 18.0 Å². The molecule has 5 rings (SSSR count). The summed E-state index contributed by atoms with van der Waals surface area (Å²) in [6.07, 6.45) is 4.44. The Hall–Kier alpha value is -3.26. The molecule has 1 unspecified atom stereocenters. The summed E-state index contributed by atoms with van der Waals surface area (Å²) in [5.41, 5.74) is 1.70. The second-order valence-electron chi connectivity index (χ2n) is 9.40. The summed E-state index contributed by atoms with van der Waals surface area (Å²) in [6, 6.07) is 5.55. The Balaban J connectivity index is 1.35. The number of carbonyl (C=O) groups is 2. The van der Waals surface area contributed by atoms with E-state index in [4.69, 9.17) is 17.0 Å². The molecule has 3 aromatic rings. The van der Waals surface area contributed by atoms with Crippen molar-refractivity contribution in [1.29, 1.82) is 5.41 Å². The average Bonchev–Trinajstić information content (AvgIpc) is 3.60. The van der Waals surface area contributed by atoms with Gasteiger partial charge in [-0.05, 0) is 43.2 Å². The Labute approximate surface area is 235 Å². The molecule has 4 heterocycles. The Kier molecular flexibility index (Phi) is 7.51. The van der Waals surface area contributed by atoms with Crippen molar-refractivity contribution in [3.05, 3.63) is 51.4 Å². The molecular weight excluding hydrogens is 562 g/mol. The van der Waals surface area contributed by atoms with Crippen LogP contribution >= 0.6 is 22.9 Å². The maximum Gasteiger partial charge on any atom is 0.283 e. The first-order valence-electron chi connectivity index (χ1n) is 12.3. The highest BCUT2D eigenvalue weighted by Gasteiger charge is 2.41. The quantitative estimate of drug-likeness (QED) is 0.308. The smallest absolute Gasteiger partial charge is 0.283 e. The molecule has 1 aromatic carbocycles. The van der Waals surface area contributed by atoms with Gasteiger partial charge < -0.3 is 20.1 Å². The molecular formula is C25H28ClN7O4S2. The third-order valence-electron chi connectivity index (χ3n) is 7.02. The van der Waals surface area contributed by atoms with Crippen LogP contribution in [0.3, 0.4) is 0 Å². The zero-order valence-corrected chi connectivity index (χ0v) is 23.8. The second-order valence-corrected chi connectivity index (χ2v) is 12.8. The van der Waals surface area contributed by atoms with E-state index in [2.05, 4.69) is 15.3 Å². The molecule has 14 heteroatoms. The number of fused-ring (bicyclic) bond motifs is 1. The molecule has 1 atom stereocenters. The van der Waals surface area contributed by atoms with E-state index < -0.39 is 27.9 Å². The van der Waals surface area contributed by atoms with Crippen LogP contribution in [0.2, 0.25) is 5.02 Å². The number of halogens is 1. The van der Waals surface area contributed by atoms with Crippen LogP contribution in [0.25, 0.3) is 16.5 Å². The van der Waals surface area contributed by atoms with Crippen LogP contribution in [0.4, 0.5) is 0 Å². The number of nitrogens with zero attached hydrogens (tertiary/aromatic N) is 4. The van der Waals surface area contributed by atoms with Gasteiger partial charge in [0.25, 0.3) is 15.9 Å². The predicted molar refractivity (Wildman–Crippen MR) is 151 cm³/mol. The lowest BCUT2D eigenvalue weighted by atomic mass is 10.1. The van der Waals surface area contributed by atoms with Crippen LogP contribution in [0.15, 0.2) is 41.6 Å². The van der Waals surface area contributed by atoms with E-state index in [1.54, 1.807) is 31.3 Å². The molecule has 0 saturated carbocycles. The number of likely N-dealkylation sites (N-methyl/N-ethyl adjacent to an activating group) is 1. The Morgan fingerprint density at radius 3 is 2.72 bits per heavy atom. The van der Waals surface area contributed by atoms with Crippen LogP contribution in [0.5, 0.6) is 0 Å². The monoisotopic (exact) mass is 589 g/mol. The van der Waals surface area contributed by atoms with Crippen molar-refractivity contribution in [2.45, 2.75) is 24.4 Å². The molecule has 1 saturated heterocycles. The summed E-state index contributed by atoms with van der Waals surface area (Å²) < 4.78 is 28.2. The fourth-order valence-electron chi connectivity index (χ4n) is 4.81. The van der Waals surface area contributed by atoms with Crippen molar-refractivity contribution in [2.24, 2.45) is 0 Å². The summed E-state index contributed by atoms with van der Waals surface area (Å²) >= 11 is 7.30. The molecule has 0 aliphatic carbocycles. The third kappa shape index (κ3) is 5.31. The lowest BCUT2D eigenvalue weighted by molar-refractivity contribution is -0.126. The van der Waals surface area contributed by atoms with Crippen molar-refractivity contribution in [1.82, 2.24) is 29.4 Å². The third-order valence-corrected chi connectivity index (χ3v) is 10.1. The zero-order valence-electron chi connectivity index (χ0n) is 21.4. The molecule has 1 fully saturated rings. The van der Waals surface area contributed by atoms with Gasteiger partial charge in [-0.3, -0.25) is 15.0 Å². The Bertz CT molecular complexity index is 1600. The first-order chi connectivity index (χ1) is 18.6. The van der Waals surface area contributed by atoms with E-state index in [1.807, 2.05) is 11.0 Å². The van der Waals surface area contributed by atoms with Gasteiger partial charge in [0.05, 0.1) is 10.7 Å². The van der Waals surface area contributed by atoms with Gasteiger partial charge in [0.1, 0.15) is 11.1 Å². The SMILES string of the molecule is CNC(=O)C1CN(S(=O)(=O)c2cc3cc(Cl)ccc3[nH]2)CCN1C(=O)c1ncc(C2=CCN(C(C)=N)CC2)s1. The summed E-state index contributed by atoms with van der Waals surface area (Å²) in [4.78, 5) is 37.8. The second kappa shape index (κ2) is 10.7. The van der Waals surface area contributed by atoms with Crippen molar-refractivity contribution in [2.75, 3.05) is 39.8 Å². The Morgan fingerprint density at radius 1 is 1.23 bits per heavy atom.